The molecule has 1 unspecified atom stereocenters. The molecule has 0 saturated carbocycles. The molecule has 0 bridgehead atoms. The Kier molecular flexibility index (Phi) is 3.71. The summed E-state index contributed by atoms with van der Waals surface area (Å²) in [6.45, 7) is 4.65. The number of thiophene rings is 1. The summed E-state index contributed by atoms with van der Waals surface area (Å²) in [5.74, 6) is 0. The fourth-order valence-corrected chi connectivity index (χ4v) is 6.08. The van der Waals surface area contributed by atoms with Crippen LogP contribution in [-0.4, -0.2) is 27.5 Å². The molecule has 6 rings (SSSR count). The molecule has 0 amide bonds. The zero-order chi connectivity index (χ0) is 18.7. The maximum absolute atomic E-state index is 4.20. The van der Waals surface area contributed by atoms with Gasteiger partial charge in [-0.15, -0.1) is 11.3 Å². The molecule has 140 valence electrons. The van der Waals surface area contributed by atoms with Gasteiger partial charge in [0.15, 0.2) is 0 Å². The van der Waals surface area contributed by atoms with Crippen molar-refractivity contribution in [2.75, 3.05) is 13.1 Å². The topological polar surface area (TPSA) is 21.1 Å². The van der Waals surface area contributed by atoms with Gasteiger partial charge in [0.2, 0.25) is 0 Å². The summed E-state index contributed by atoms with van der Waals surface area (Å²) >= 11 is 1.79. The first-order valence-corrected chi connectivity index (χ1v) is 11.1. The van der Waals surface area contributed by atoms with E-state index in [1.807, 2.05) is 12.4 Å². The van der Waals surface area contributed by atoms with Gasteiger partial charge in [0.25, 0.3) is 0 Å². The van der Waals surface area contributed by atoms with Gasteiger partial charge in [-0.3, -0.25) is 9.88 Å². The van der Waals surface area contributed by atoms with Crippen LogP contribution >= 0.6 is 11.3 Å². The monoisotopic (exact) mass is 385 g/mol. The molecule has 0 aliphatic carbocycles. The van der Waals surface area contributed by atoms with Gasteiger partial charge in [0.1, 0.15) is 0 Å². The maximum Gasteiger partial charge on any atom is 0.0644 e. The van der Waals surface area contributed by atoms with Gasteiger partial charge in [-0.25, -0.2) is 0 Å². The van der Waals surface area contributed by atoms with E-state index in [9.17, 15) is 0 Å². The standard InChI is InChI=1S/C24H23N3S/c1-16-4-5-20-18(13-16)24-21-3-2-11-26(21)12-8-22(24)27(20)23-15-28-14-19(23)17-6-9-25-10-7-17/h4-7,9-10,13-15,21H,2-3,8,11-12H2,1H3. The van der Waals surface area contributed by atoms with Gasteiger partial charge >= 0.3 is 0 Å². The van der Waals surface area contributed by atoms with Crippen molar-refractivity contribution in [1.82, 2.24) is 14.5 Å². The number of fused-ring (bicyclic) bond motifs is 5. The van der Waals surface area contributed by atoms with E-state index >= 15 is 0 Å². The molecular weight excluding hydrogens is 362 g/mol. The molecule has 0 N–H and O–H groups in total. The van der Waals surface area contributed by atoms with Crippen LogP contribution in [0.3, 0.4) is 0 Å². The molecule has 2 aliphatic rings. The van der Waals surface area contributed by atoms with Gasteiger partial charge < -0.3 is 4.57 Å². The lowest BCUT2D eigenvalue weighted by atomic mass is 9.95. The second kappa shape index (κ2) is 6.29. The minimum atomic E-state index is 0.595. The lowest BCUT2D eigenvalue weighted by Crippen LogP contribution is -2.31. The van der Waals surface area contributed by atoms with E-state index in [1.54, 1.807) is 16.9 Å². The van der Waals surface area contributed by atoms with E-state index in [0.29, 0.717) is 6.04 Å². The second-order valence-electron chi connectivity index (χ2n) is 8.07. The molecular formula is C24H23N3S. The molecule has 2 aliphatic heterocycles. The smallest absolute Gasteiger partial charge is 0.0644 e. The minimum Gasteiger partial charge on any atom is -0.312 e. The third-order valence-corrected chi connectivity index (χ3v) is 7.20. The Morgan fingerprint density at radius 3 is 2.86 bits per heavy atom. The first-order chi connectivity index (χ1) is 13.8. The Labute approximate surface area is 169 Å². The maximum atomic E-state index is 4.20. The summed E-state index contributed by atoms with van der Waals surface area (Å²) in [6, 6.07) is 11.8. The number of nitrogens with zero attached hydrogens (tertiary/aromatic N) is 3. The summed E-state index contributed by atoms with van der Waals surface area (Å²) < 4.78 is 2.56. The molecule has 1 fully saturated rings. The highest BCUT2D eigenvalue weighted by molar-refractivity contribution is 7.08. The van der Waals surface area contributed by atoms with E-state index in [4.69, 9.17) is 0 Å². The highest BCUT2D eigenvalue weighted by Gasteiger charge is 2.35. The molecule has 3 aromatic heterocycles. The van der Waals surface area contributed by atoms with E-state index in [0.717, 1.165) is 6.42 Å². The molecule has 1 aromatic carbocycles. The molecule has 1 atom stereocenters. The van der Waals surface area contributed by atoms with Gasteiger partial charge in [-0.1, -0.05) is 11.6 Å². The number of hydrogen-bond donors (Lipinski definition) is 0. The summed E-state index contributed by atoms with van der Waals surface area (Å²) in [4.78, 5) is 6.91. The van der Waals surface area contributed by atoms with Crippen molar-refractivity contribution in [3.63, 3.8) is 0 Å². The van der Waals surface area contributed by atoms with Crippen molar-refractivity contribution in [2.45, 2.75) is 32.2 Å². The third-order valence-electron chi connectivity index (χ3n) is 6.47. The Morgan fingerprint density at radius 2 is 1.96 bits per heavy atom. The quantitative estimate of drug-likeness (QED) is 0.438. The van der Waals surface area contributed by atoms with Crippen molar-refractivity contribution < 1.29 is 0 Å². The van der Waals surface area contributed by atoms with Crippen molar-refractivity contribution in [3.05, 3.63) is 70.3 Å². The van der Waals surface area contributed by atoms with E-state index in [1.165, 1.54) is 64.9 Å². The predicted octanol–water partition coefficient (Wildman–Crippen LogP) is 5.76. The SMILES string of the molecule is Cc1ccc2c(c1)c1c(n2-c2cscc2-c2ccncc2)CCN2CCCC12. The first kappa shape index (κ1) is 16.5. The van der Waals surface area contributed by atoms with Crippen LogP contribution in [0.2, 0.25) is 0 Å². The van der Waals surface area contributed by atoms with Crippen LogP contribution in [0, 0.1) is 6.92 Å². The Bertz CT molecular complexity index is 1170. The molecule has 3 nitrogen and oxygen atoms in total. The summed E-state index contributed by atoms with van der Waals surface area (Å²) in [5.41, 5.74) is 9.69. The molecule has 0 spiro atoms. The number of rotatable bonds is 2. The number of benzene rings is 1. The summed E-state index contributed by atoms with van der Waals surface area (Å²) in [5, 5.41) is 6.05. The number of aryl methyl sites for hydroxylation is 1. The Morgan fingerprint density at radius 1 is 1.07 bits per heavy atom. The fraction of sp³-hybridized carbons (Fsp3) is 0.292. The molecule has 5 heterocycles. The lowest BCUT2D eigenvalue weighted by Gasteiger charge is -2.31. The highest BCUT2D eigenvalue weighted by atomic mass is 32.1. The van der Waals surface area contributed by atoms with Crippen LogP contribution in [0.15, 0.2) is 53.5 Å². The van der Waals surface area contributed by atoms with Crippen LogP contribution in [-0.2, 0) is 6.42 Å². The predicted molar refractivity (Wildman–Crippen MR) is 116 cm³/mol. The van der Waals surface area contributed by atoms with Crippen molar-refractivity contribution in [3.8, 4) is 16.8 Å². The number of hydrogen-bond acceptors (Lipinski definition) is 3. The number of aromatic nitrogens is 2. The van der Waals surface area contributed by atoms with Crippen LogP contribution in [0.4, 0.5) is 0 Å². The van der Waals surface area contributed by atoms with E-state index in [-0.39, 0.29) is 0 Å². The molecule has 4 heteroatoms. The number of pyridine rings is 1. The van der Waals surface area contributed by atoms with E-state index in [2.05, 4.69) is 62.5 Å². The van der Waals surface area contributed by atoms with Crippen LogP contribution < -0.4 is 0 Å². The van der Waals surface area contributed by atoms with Gasteiger partial charge in [0.05, 0.1) is 11.2 Å². The Hall–Kier alpha value is -2.43. The minimum absolute atomic E-state index is 0.595. The van der Waals surface area contributed by atoms with Crippen molar-refractivity contribution >= 4 is 22.2 Å². The van der Waals surface area contributed by atoms with Gasteiger partial charge in [-0.2, -0.15) is 0 Å². The average Bonchev–Trinajstić information content (AvgIpc) is 3.44. The third kappa shape index (κ3) is 2.34. The zero-order valence-corrected chi connectivity index (χ0v) is 16.9. The van der Waals surface area contributed by atoms with Crippen LogP contribution in [0.25, 0.3) is 27.7 Å². The van der Waals surface area contributed by atoms with E-state index < -0.39 is 0 Å². The molecule has 4 aromatic rings. The fourth-order valence-electron chi connectivity index (χ4n) is 5.26. The molecule has 28 heavy (non-hydrogen) atoms. The highest BCUT2D eigenvalue weighted by Crippen LogP contribution is 2.45. The zero-order valence-electron chi connectivity index (χ0n) is 16.1. The molecule has 1 saturated heterocycles. The normalized spacial score (nSPS) is 19.1. The van der Waals surface area contributed by atoms with Crippen LogP contribution in [0.5, 0.6) is 0 Å². The lowest BCUT2D eigenvalue weighted by molar-refractivity contribution is 0.243. The first-order valence-electron chi connectivity index (χ1n) is 10.2. The molecule has 0 radical (unpaired) electrons. The second-order valence-corrected chi connectivity index (χ2v) is 8.81. The van der Waals surface area contributed by atoms with Crippen LogP contribution in [0.1, 0.15) is 35.7 Å². The van der Waals surface area contributed by atoms with Gasteiger partial charge in [-0.05, 0) is 61.7 Å². The summed E-state index contributed by atoms with van der Waals surface area (Å²) in [7, 11) is 0. The van der Waals surface area contributed by atoms with Gasteiger partial charge in [0, 0.05) is 58.8 Å². The largest absolute Gasteiger partial charge is 0.312 e. The van der Waals surface area contributed by atoms with Crippen molar-refractivity contribution in [2.24, 2.45) is 0 Å². The van der Waals surface area contributed by atoms with Crippen molar-refractivity contribution in [1.29, 1.82) is 0 Å². The average molecular weight is 386 g/mol. The Balaban J connectivity index is 1.65. The summed E-state index contributed by atoms with van der Waals surface area (Å²) in [6.07, 6.45) is 7.52.